The van der Waals surface area contributed by atoms with Gasteiger partial charge in [-0.1, -0.05) is 168 Å². The third kappa shape index (κ3) is 14.1. The number of benzene rings is 1. The Morgan fingerprint density at radius 2 is 0.972 bits per heavy atom. The second kappa shape index (κ2) is 26.8. The van der Waals surface area contributed by atoms with Crippen LogP contribution < -0.4 is 11.5 Å². The zero-order valence-electron chi connectivity index (χ0n) is 45.8. The number of aliphatic hydroxyl groups is 1. The molecule has 0 saturated carbocycles. The Morgan fingerprint density at radius 1 is 0.514 bits per heavy atom. The summed E-state index contributed by atoms with van der Waals surface area (Å²) in [4.78, 5) is 27.1. The van der Waals surface area contributed by atoms with Crippen LogP contribution >= 0.6 is 45.3 Å². The first-order valence-electron chi connectivity index (χ1n) is 28.7. The van der Waals surface area contributed by atoms with E-state index in [1.165, 1.54) is 163 Å². The molecule has 7 rings (SSSR count). The van der Waals surface area contributed by atoms with Crippen molar-refractivity contribution in [2.45, 2.75) is 227 Å². The zero-order chi connectivity index (χ0) is 51.4. The molecule has 0 bridgehead atoms. The Kier molecular flexibility index (Phi) is 21.2. The van der Waals surface area contributed by atoms with Gasteiger partial charge >= 0.3 is 0 Å². The van der Waals surface area contributed by atoms with Gasteiger partial charge in [0, 0.05) is 49.2 Å². The normalized spacial score (nSPS) is 16.5. The highest BCUT2D eigenvalue weighted by molar-refractivity contribution is 7.30. The van der Waals surface area contributed by atoms with Crippen molar-refractivity contribution in [3.63, 3.8) is 0 Å². The van der Waals surface area contributed by atoms with Crippen LogP contribution in [0.25, 0.3) is 41.3 Å². The lowest BCUT2D eigenvalue weighted by Gasteiger charge is -2.33. The standard InChI is InChI=1S/C62H92N4O2S4/c1-9-13-17-21-23-27-31-43(29-25-19-15-11-3)41-65-55(48-36-35-47(69-48)50-39-45-33-34-46-40-52(62(7,8)64)72-58(46)57(45)71-50)53-54(60(65)68)56(49-37-38-51(70-49)61(5,6)63)66(59(53)67)42-44(30-26-20-16-12-4)32-28-24-22-18-14-10-2/h33-40,43-44,60,68H,9-32,41-42,63-64H2,1-8H3. The molecule has 0 aliphatic carbocycles. The number of unbranched alkanes of at least 4 members (excludes halogenated alkanes) is 16. The van der Waals surface area contributed by atoms with Gasteiger partial charge in [-0.15, -0.1) is 45.3 Å². The number of aliphatic hydroxyl groups excluding tert-OH is 1. The molecule has 10 heteroatoms. The van der Waals surface area contributed by atoms with E-state index >= 15 is 4.79 Å². The van der Waals surface area contributed by atoms with Crippen molar-refractivity contribution in [1.82, 2.24) is 9.80 Å². The summed E-state index contributed by atoms with van der Waals surface area (Å²) in [6.45, 7) is 18.9. The van der Waals surface area contributed by atoms with Crippen LogP contribution in [0, 0.1) is 11.8 Å². The third-order valence-corrected chi connectivity index (χ3v) is 21.0. The minimum atomic E-state index is -0.928. The van der Waals surface area contributed by atoms with Gasteiger partial charge in [-0.05, 0) is 112 Å². The van der Waals surface area contributed by atoms with Crippen molar-refractivity contribution in [3.8, 4) is 9.75 Å². The highest BCUT2D eigenvalue weighted by atomic mass is 32.1. The average Bonchev–Trinajstić information content (AvgIpc) is 4.21. The molecule has 2 aliphatic heterocycles. The van der Waals surface area contributed by atoms with Gasteiger partial charge in [-0.25, -0.2) is 0 Å². The number of hydrogen-bond acceptors (Lipinski definition) is 9. The van der Waals surface area contributed by atoms with Crippen molar-refractivity contribution < 1.29 is 9.90 Å². The molecular weight excluding hydrogens is 961 g/mol. The highest BCUT2D eigenvalue weighted by Gasteiger charge is 2.50. The molecular formula is C62H92N4O2S4. The van der Waals surface area contributed by atoms with E-state index in [1.807, 2.05) is 22.7 Å². The summed E-state index contributed by atoms with van der Waals surface area (Å²) in [7, 11) is 0. The van der Waals surface area contributed by atoms with Crippen LogP contribution in [0.3, 0.4) is 0 Å². The van der Waals surface area contributed by atoms with Crippen LogP contribution in [0.5, 0.6) is 0 Å². The second-order valence-electron chi connectivity index (χ2n) is 22.9. The first-order chi connectivity index (χ1) is 34.7. The Morgan fingerprint density at radius 3 is 1.51 bits per heavy atom. The maximum absolute atomic E-state index is 15.9. The van der Waals surface area contributed by atoms with Crippen LogP contribution in [-0.4, -0.2) is 40.1 Å². The summed E-state index contributed by atoms with van der Waals surface area (Å²) in [6, 6.07) is 18.0. The fourth-order valence-electron chi connectivity index (χ4n) is 11.2. The van der Waals surface area contributed by atoms with E-state index in [4.69, 9.17) is 11.5 Å². The lowest BCUT2D eigenvalue weighted by Crippen LogP contribution is -2.36. The van der Waals surface area contributed by atoms with Gasteiger partial charge in [0.1, 0.15) is 0 Å². The van der Waals surface area contributed by atoms with Crippen LogP contribution in [0.2, 0.25) is 0 Å². The predicted octanol–water partition coefficient (Wildman–Crippen LogP) is 18.6. The summed E-state index contributed by atoms with van der Waals surface area (Å²) in [6.07, 6.45) is 28.6. The fraction of sp³-hybridized carbons (Fsp3) is 0.629. The SMILES string of the molecule is CCCCCCCCC(CCCCCC)CN1C(=O)C2=C(c3ccc(-c4cc5ccc6cc(C(C)(C)N)sc6c5s4)s3)N(CC(CCCCCC)CCCCCCCC)C(O)C2=C1c1ccc(C(C)(C)N)s1. The molecule has 1 amide bonds. The number of carbonyl (C=O) groups excluding carboxylic acids is 1. The average molecular weight is 1050 g/mol. The molecule has 3 atom stereocenters. The number of fused-ring (bicyclic) bond motifs is 4. The smallest absolute Gasteiger partial charge is 0.261 e. The maximum atomic E-state index is 15.9. The minimum Gasteiger partial charge on any atom is -0.369 e. The lowest BCUT2D eigenvalue weighted by molar-refractivity contribution is -0.123. The predicted molar refractivity (Wildman–Crippen MR) is 318 cm³/mol. The molecule has 6 heterocycles. The number of nitrogens with two attached hydrogens (primary N) is 2. The van der Waals surface area contributed by atoms with Crippen LogP contribution in [0.4, 0.5) is 0 Å². The Hall–Kier alpha value is -2.83. The Balaban J connectivity index is 1.32. The zero-order valence-corrected chi connectivity index (χ0v) is 49.0. The van der Waals surface area contributed by atoms with Crippen molar-refractivity contribution in [2.24, 2.45) is 23.3 Å². The summed E-state index contributed by atoms with van der Waals surface area (Å²) >= 11 is 7.15. The molecule has 4 aromatic heterocycles. The Labute approximate surface area is 451 Å². The van der Waals surface area contributed by atoms with Gasteiger partial charge in [0.25, 0.3) is 5.91 Å². The number of thiophene rings is 4. The van der Waals surface area contributed by atoms with Crippen LogP contribution in [0.15, 0.2) is 59.7 Å². The van der Waals surface area contributed by atoms with Gasteiger partial charge in [0.15, 0.2) is 6.23 Å². The van der Waals surface area contributed by atoms with Gasteiger partial charge in [0.05, 0.1) is 36.1 Å². The van der Waals surface area contributed by atoms with Gasteiger partial charge < -0.3 is 26.4 Å². The molecule has 0 radical (unpaired) electrons. The number of nitrogens with zero attached hydrogens (tertiary/aromatic N) is 2. The van der Waals surface area contributed by atoms with E-state index in [1.54, 1.807) is 22.7 Å². The molecule has 3 unspecified atom stereocenters. The van der Waals surface area contributed by atoms with Gasteiger partial charge in [-0.2, -0.15) is 0 Å². The van der Waals surface area contributed by atoms with E-state index in [9.17, 15) is 5.11 Å². The van der Waals surface area contributed by atoms with Crippen LogP contribution in [-0.2, 0) is 15.9 Å². The molecule has 6 nitrogen and oxygen atoms in total. The van der Waals surface area contributed by atoms with Crippen molar-refractivity contribution in [1.29, 1.82) is 0 Å². The lowest BCUT2D eigenvalue weighted by atomic mass is 9.93. The van der Waals surface area contributed by atoms with Gasteiger partial charge in [0.2, 0.25) is 0 Å². The molecule has 2 aliphatic rings. The molecule has 1 aromatic carbocycles. The number of amides is 1. The van der Waals surface area contributed by atoms with E-state index in [0.717, 1.165) is 69.4 Å². The van der Waals surface area contributed by atoms with E-state index in [2.05, 4.69) is 114 Å². The molecule has 0 spiro atoms. The number of carbonyl (C=O) groups is 1. The van der Waals surface area contributed by atoms with Crippen molar-refractivity contribution in [3.05, 3.63) is 79.2 Å². The van der Waals surface area contributed by atoms with Crippen LogP contribution in [0.1, 0.15) is 229 Å². The summed E-state index contributed by atoms with van der Waals surface area (Å²) in [5.41, 5.74) is 15.9. The molecule has 0 fully saturated rings. The van der Waals surface area contributed by atoms with E-state index < -0.39 is 17.3 Å². The first-order valence-corrected chi connectivity index (χ1v) is 32.0. The third-order valence-electron chi connectivity index (χ3n) is 15.5. The quantitative estimate of drug-likeness (QED) is 0.0364. The first kappa shape index (κ1) is 56.9. The molecule has 5 aromatic rings. The monoisotopic (exact) mass is 1050 g/mol. The van der Waals surface area contributed by atoms with Gasteiger partial charge in [-0.3, -0.25) is 4.79 Å². The topological polar surface area (TPSA) is 95.8 Å². The minimum absolute atomic E-state index is 0.0611. The second-order valence-corrected chi connectivity index (χ2v) is 27.1. The summed E-state index contributed by atoms with van der Waals surface area (Å²) in [5.74, 6) is 0.871. The Bertz CT molecular complexity index is 2560. The van der Waals surface area contributed by atoms with E-state index in [-0.39, 0.29) is 5.91 Å². The summed E-state index contributed by atoms with van der Waals surface area (Å²) < 4.78 is 2.60. The molecule has 72 heavy (non-hydrogen) atoms. The number of hydrogen-bond donors (Lipinski definition) is 3. The fourth-order valence-corrected chi connectivity index (χ4v) is 15.9. The summed E-state index contributed by atoms with van der Waals surface area (Å²) in [5, 5.41) is 15.7. The van der Waals surface area contributed by atoms with Crippen molar-refractivity contribution in [2.75, 3.05) is 13.1 Å². The molecule has 396 valence electrons. The highest BCUT2D eigenvalue weighted by Crippen LogP contribution is 2.53. The largest absolute Gasteiger partial charge is 0.369 e. The molecule has 5 N–H and O–H groups in total. The van der Waals surface area contributed by atoms with E-state index in [0.29, 0.717) is 18.4 Å². The maximum Gasteiger partial charge on any atom is 0.261 e. The number of rotatable bonds is 33. The van der Waals surface area contributed by atoms with Crippen molar-refractivity contribution >= 4 is 82.8 Å². The molecule has 0 saturated heterocycles.